The van der Waals surface area contributed by atoms with E-state index in [1.165, 1.54) is 18.3 Å². The van der Waals surface area contributed by atoms with Crippen LogP contribution in [0.5, 0.6) is 0 Å². The molecule has 1 aromatic carbocycles. The van der Waals surface area contributed by atoms with Gasteiger partial charge in [-0.05, 0) is 25.1 Å². The molecule has 1 heterocycles. The van der Waals surface area contributed by atoms with Crippen molar-refractivity contribution in [1.29, 1.82) is 0 Å². The molecule has 0 aliphatic rings. The summed E-state index contributed by atoms with van der Waals surface area (Å²) in [6.45, 7) is 1.78. The van der Waals surface area contributed by atoms with Gasteiger partial charge in [-0.25, -0.2) is 0 Å². The zero-order chi connectivity index (χ0) is 13.8. The number of anilines is 1. The molecule has 0 spiro atoms. The number of aromatic carboxylic acids is 1. The number of nitrogens with one attached hydrogen (secondary N) is 1. The van der Waals surface area contributed by atoms with Gasteiger partial charge in [0.05, 0.1) is 17.9 Å². The van der Waals surface area contributed by atoms with Crippen LogP contribution < -0.4 is 10.4 Å². The number of carbonyl (C=O) groups excluding carboxylic acids is 2. The third-order valence-corrected chi connectivity index (χ3v) is 2.56. The largest absolute Gasteiger partial charge is 0.545 e. The molecule has 0 bridgehead atoms. The van der Waals surface area contributed by atoms with Crippen LogP contribution in [0.25, 0.3) is 0 Å². The van der Waals surface area contributed by atoms with Crippen molar-refractivity contribution in [3.05, 3.63) is 59.4 Å². The van der Waals surface area contributed by atoms with Gasteiger partial charge < -0.3 is 15.2 Å². The number of amides is 1. The lowest BCUT2D eigenvalue weighted by atomic mass is 10.0. The Labute approximate surface area is 109 Å². The smallest absolute Gasteiger partial charge is 0.256 e. The van der Waals surface area contributed by atoms with Gasteiger partial charge in [0.1, 0.15) is 0 Å². The molecule has 2 aromatic rings. The summed E-state index contributed by atoms with van der Waals surface area (Å²) < 4.78 is 0. The lowest BCUT2D eigenvalue weighted by Gasteiger charge is -2.11. The van der Waals surface area contributed by atoms with E-state index >= 15 is 0 Å². The Kier molecular flexibility index (Phi) is 3.56. The quantitative estimate of drug-likeness (QED) is 0.887. The predicted octanol–water partition coefficient (Wildman–Crippen LogP) is 1.01. The number of hydrogen-bond donors (Lipinski definition) is 1. The summed E-state index contributed by atoms with van der Waals surface area (Å²) in [4.78, 5) is 26.9. The third kappa shape index (κ3) is 2.95. The van der Waals surface area contributed by atoms with E-state index in [9.17, 15) is 14.7 Å². The maximum Gasteiger partial charge on any atom is 0.256 e. The fourth-order valence-electron chi connectivity index (χ4n) is 1.66. The van der Waals surface area contributed by atoms with Gasteiger partial charge in [-0.2, -0.15) is 0 Å². The summed E-state index contributed by atoms with van der Waals surface area (Å²) in [7, 11) is 0. The first-order valence-electron chi connectivity index (χ1n) is 5.61. The molecule has 0 aliphatic heterocycles. The first kappa shape index (κ1) is 12.8. The molecule has 0 unspecified atom stereocenters. The Morgan fingerprint density at radius 3 is 2.63 bits per heavy atom. The zero-order valence-electron chi connectivity index (χ0n) is 10.2. The summed E-state index contributed by atoms with van der Waals surface area (Å²) in [5, 5.41) is 13.6. The van der Waals surface area contributed by atoms with Crippen molar-refractivity contribution in [3.63, 3.8) is 0 Å². The standard InChI is InChI=1S/C14H12N2O3/c1-9-4-5-11(14(18)19)12(7-9)13(17)16-10-3-2-6-15-8-10/h2-8H,1H3,(H,16,17)(H,18,19)/p-1. The number of carbonyl (C=O) groups is 2. The van der Waals surface area contributed by atoms with Crippen molar-refractivity contribution in [2.75, 3.05) is 5.32 Å². The number of nitrogens with zero attached hydrogens (tertiary/aromatic N) is 1. The van der Waals surface area contributed by atoms with E-state index in [1.54, 1.807) is 31.3 Å². The summed E-state index contributed by atoms with van der Waals surface area (Å²) in [5.41, 5.74) is 1.23. The fourth-order valence-corrected chi connectivity index (χ4v) is 1.66. The van der Waals surface area contributed by atoms with E-state index in [1.807, 2.05) is 0 Å². The zero-order valence-corrected chi connectivity index (χ0v) is 10.2. The second kappa shape index (κ2) is 5.30. The lowest BCUT2D eigenvalue weighted by molar-refractivity contribution is -0.255. The number of aryl methyl sites for hydroxylation is 1. The molecule has 0 fully saturated rings. The number of pyridine rings is 1. The van der Waals surface area contributed by atoms with Gasteiger partial charge in [-0.3, -0.25) is 9.78 Å². The first-order chi connectivity index (χ1) is 9.08. The molecule has 96 valence electrons. The van der Waals surface area contributed by atoms with E-state index in [0.29, 0.717) is 5.69 Å². The third-order valence-electron chi connectivity index (χ3n) is 2.56. The minimum absolute atomic E-state index is 0.0730. The monoisotopic (exact) mass is 255 g/mol. The summed E-state index contributed by atoms with van der Waals surface area (Å²) in [5.74, 6) is -1.88. The topological polar surface area (TPSA) is 82.1 Å². The van der Waals surface area contributed by atoms with E-state index < -0.39 is 11.9 Å². The van der Waals surface area contributed by atoms with E-state index in [0.717, 1.165) is 5.56 Å². The minimum Gasteiger partial charge on any atom is -0.545 e. The van der Waals surface area contributed by atoms with Gasteiger partial charge in [0.2, 0.25) is 0 Å². The van der Waals surface area contributed by atoms with Crippen LogP contribution in [0, 0.1) is 6.92 Å². The van der Waals surface area contributed by atoms with Crippen molar-refractivity contribution in [3.8, 4) is 0 Å². The molecule has 0 saturated heterocycles. The molecule has 1 amide bonds. The van der Waals surface area contributed by atoms with E-state index in [4.69, 9.17) is 0 Å². The molecule has 0 atom stereocenters. The molecule has 0 saturated carbocycles. The van der Waals surface area contributed by atoms with Crippen LogP contribution in [0.3, 0.4) is 0 Å². The number of carboxylic acids is 1. The maximum absolute atomic E-state index is 12.1. The van der Waals surface area contributed by atoms with Crippen LogP contribution in [0.15, 0.2) is 42.7 Å². The average Bonchev–Trinajstić information content (AvgIpc) is 2.39. The normalized spacial score (nSPS) is 9.95. The SMILES string of the molecule is Cc1ccc(C(=O)[O-])c(C(=O)Nc2cccnc2)c1. The molecule has 0 aliphatic carbocycles. The van der Waals surface area contributed by atoms with Crippen LogP contribution in [-0.4, -0.2) is 16.9 Å². The molecule has 2 rings (SSSR count). The highest BCUT2D eigenvalue weighted by Gasteiger charge is 2.12. The average molecular weight is 255 g/mol. The molecular weight excluding hydrogens is 244 g/mol. The number of hydrogen-bond acceptors (Lipinski definition) is 4. The lowest BCUT2D eigenvalue weighted by Crippen LogP contribution is -2.26. The van der Waals surface area contributed by atoms with Crippen LogP contribution in [-0.2, 0) is 0 Å². The van der Waals surface area contributed by atoms with Gasteiger partial charge in [0, 0.05) is 17.3 Å². The highest BCUT2D eigenvalue weighted by molar-refractivity contribution is 6.10. The second-order valence-corrected chi connectivity index (χ2v) is 4.03. The Balaban J connectivity index is 2.33. The van der Waals surface area contributed by atoms with Gasteiger partial charge in [-0.15, -0.1) is 0 Å². The van der Waals surface area contributed by atoms with E-state index in [-0.39, 0.29) is 11.1 Å². The molecule has 1 aromatic heterocycles. The number of benzene rings is 1. The van der Waals surface area contributed by atoms with Crippen molar-refractivity contribution in [2.45, 2.75) is 6.92 Å². The molecule has 1 N–H and O–H groups in total. The Morgan fingerprint density at radius 1 is 1.21 bits per heavy atom. The summed E-state index contributed by atoms with van der Waals surface area (Å²) in [6.07, 6.45) is 3.06. The van der Waals surface area contributed by atoms with Crippen LogP contribution in [0.4, 0.5) is 5.69 Å². The van der Waals surface area contributed by atoms with Gasteiger partial charge >= 0.3 is 0 Å². The fraction of sp³-hybridized carbons (Fsp3) is 0.0714. The first-order valence-corrected chi connectivity index (χ1v) is 5.61. The van der Waals surface area contributed by atoms with Crippen molar-refractivity contribution >= 4 is 17.6 Å². The minimum atomic E-state index is -1.38. The summed E-state index contributed by atoms with van der Waals surface area (Å²) in [6, 6.07) is 7.83. The van der Waals surface area contributed by atoms with Crippen molar-refractivity contribution in [2.24, 2.45) is 0 Å². The van der Waals surface area contributed by atoms with Crippen LogP contribution in [0.1, 0.15) is 26.3 Å². The predicted molar refractivity (Wildman–Crippen MR) is 67.7 cm³/mol. The number of aromatic nitrogens is 1. The Bertz CT molecular complexity index is 624. The van der Waals surface area contributed by atoms with Crippen molar-refractivity contribution < 1.29 is 14.7 Å². The molecule has 19 heavy (non-hydrogen) atoms. The number of carboxylic acid groups (broad SMARTS) is 1. The molecule has 5 nitrogen and oxygen atoms in total. The Morgan fingerprint density at radius 2 is 2.00 bits per heavy atom. The van der Waals surface area contributed by atoms with Crippen LogP contribution >= 0.6 is 0 Å². The molecule has 0 radical (unpaired) electrons. The van der Waals surface area contributed by atoms with Gasteiger partial charge in [0.15, 0.2) is 0 Å². The van der Waals surface area contributed by atoms with Gasteiger partial charge in [0.25, 0.3) is 5.91 Å². The Hall–Kier alpha value is -2.69. The van der Waals surface area contributed by atoms with Crippen molar-refractivity contribution in [1.82, 2.24) is 4.98 Å². The molecular formula is C14H11N2O3-. The highest BCUT2D eigenvalue weighted by atomic mass is 16.4. The van der Waals surface area contributed by atoms with Gasteiger partial charge in [-0.1, -0.05) is 17.7 Å². The van der Waals surface area contributed by atoms with Crippen LogP contribution in [0.2, 0.25) is 0 Å². The second-order valence-electron chi connectivity index (χ2n) is 4.03. The highest BCUT2D eigenvalue weighted by Crippen LogP contribution is 2.14. The maximum atomic E-state index is 12.1. The molecule has 5 heteroatoms. The number of rotatable bonds is 3. The summed E-state index contributed by atoms with van der Waals surface area (Å²) >= 11 is 0. The van der Waals surface area contributed by atoms with E-state index in [2.05, 4.69) is 10.3 Å².